The lowest BCUT2D eigenvalue weighted by molar-refractivity contribution is 0.0955. The molecule has 0 atom stereocenters. The molecule has 3 aromatic rings. The van der Waals surface area contributed by atoms with Crippen LogP contribution in [0, 0.1) is 0 Å². The third-order valence-electron chi connectivity index (χ3n) is 5.27. The molecular weight excluding hydrogens is 348 g/mol. The Balaban J connectivity index is 1.28. The molecule has 4 heteroatoms. The molecule has 1 saturated heterocycles. The molecule has 1 aliphatic heterocycles. The van der Waals surface area contributed by atoms with Gasteiger partial charge >= 0.3 is 0 Å². The Morgan fingerprint density at radius 3 is 2.50 bits per heavy atom. The van der Waals surface area contributed by atoms with E-state index in [2.05, 4.69) is 34.5 Å². The van der Waals surface area contributed by atoms with Gasteiger partial charge in [0.25, 0.3) is 5.91 Å². The van der Waals surface area contributed by atoms with Crippen LogP contribution in [0.1, 0.15) is 22.3 Å². The van der Waals surface area contributed by atoms with E-state index >= 15 is 0 Å². The number of amides is 1. The van der Waals surface area contributed by atoms with Crippen LogP contribution in [0.2, 0.25) is 0 Å². The third kappa shape index (κ3) is 4.34. The standard InChI is InChI=1S/C24H26N2O2/c27-24(23-9-3-7-20-6-1-2-8-22(20)23)25-14-4-5-19-10-12-21(13-11-19)26-15-17-28-18-16-26/h1-3,6-13H,4-5,14-18H2,(H,25,27). The molecule has 4 nitrogen and oxygen atoms in total. The lowest BCUT2D eigenvalue weighted by Gasteiger charge is -2.28. The maximum Gasteiger partial charge on any atom is 0.251 e. The van der Waals surface area contributed by atoms with Gasteiger partial charge in [-0.1, -0.05) is 48.5 Å². The van der Waals surface area contributed by atoms with E-state index in [0.717, 1.165) is 55.5 Å². The average molecular weight is 374 g/mol. The predicted molar refractivity (Wildman–Crippen MR) is 114 cm³/mol. The molecule has 0 bridgehead atoms. The molecule has 1 fully saturated rings. The number of anilines is 1. The molecule has 4 rings (SSSR count). The fourth-order valence-electron chi connectivity index (χ4n) is 3.71. The van der Waals surface area contributed by atoms with Crippen LogP contribution in [0.4, 0.5) is 5.69 Å². The highest BCUT2D eigenvalue weighted by atomic mass is 16.5. The molecule has 28 heavy (non-hydrogen) atoms. The second kappa shape index (κ2) is 8.89. The molecule has 1 N–H and O–H groups in total. The normalized spacial score (nSPS) is 14.2. The summed E-state index contributed by atoms with van der Waals surface area (Å²) in [7, 11) is 0. The predicted octanol–water partition coefficient (Wildman–Crippen LogP) is 4.04. The lowest BCUT2D eigenvalue weighted by Crippen LogP contribution is -2.36. The van der Waals surface area contributed by atoms with Gasteiger partial charge in [0.05, 0.1) is 13.2 Å². The topological polar surface area (TPSA) is 41.6 Å². The number of ether oxygens (including phenoxy) is 1. The number of rotatable bonds is 6. The van der Waals surface area contributed by atoms with E-state index < -0.39 is 0 Å². The molecule has 0 aromatic heterocycles. The summed E-state index contributed by atoms with van der Waals surface area (Å²) in [5, 5.41) is 5.16. The Morgan fingerprint density at radius 2 is 1.68 bits per heavy atom. The van der Waals surface area contributed by atoms with Crippen molar-refractivity contribution >= 4 is 22.4 Å². The van der Waals surface area contributed by atoms with Gasteiger partial charge in [0.1, 0.15) is 0 Å². The lowest BCUT2D eigenvalue weighted by atomic mass is 10.0. The van der Waals surface area contributed by atoms with E-state index in [9.17, 15) is 4.79 Å². The van der Waals surface area contributed by atoms with E-state index in [4.69, 9.17) is 4.74 Å². The molecule has 1 heterocycles. The zero-order chi connectivity index (χ0) is 19.2. The van der Waals surface area contributed by atoms with Crippen LogP contribution < -0.4 is 10.2 Å². The van der Waals surface area contributed by atoms with Gasteiger partial charge < -0.3 is 15.0 Å². The number of aryl methyl sites for hydroxylation is 1. The van der Waals surface area contributed by atoms with Crippen molar-refractivity contribution < 1.29 is 9.53 Å². The number of hydrogen-bond acceptors (Lipinski definition) is 3. The summed E-state index contributed by atoms with van der Waals surface area (Å²) >= 11 is 0. The zero-order valence-corrected chi connectivity index (χ0v) is 16.1. The van der Waals surface area contributed by atoms with E-state index in [1.54, 1.807) is 0 Å². The van der Waals surface area contributed by atoms with Gasteiger partial charge in [0.15, 0.2) is 0 Å². The summed E-state index contributed by atoms with van der Waals surface area (Å²) in [5.41, 5.74) is 3.31. The van der Waals surface area contributed by atoms with Crippen molar-refractivity contribution in [3.05, 3.63) is 77.9 Å². The average Bonchev–Trinajstić information content (AvgIpc) is 2.77. The van der Waals surface area contributed by atoms with Crippen molar-refractivity contribution in [3.63, 3.8) is 0 Å². The summed E-state index contributed by atoms with van der Waals surface area (Å²) in [6, 6.07) is 22.6. The molecule has 0 saturated carbocycles. The van der Waals surface area contributed by atoms with Gasteiger partial charge in [-0.3, -0.25) is 4.79 Å². The van der Waals surface area contributed by atoms with Gasteiger partial charge in [-0.15, -0.1) is 0 Å². The number of benzene rings is 3. The minimum atomic E-state index is -0.000495. The number of nitrogens with one attached hydrogen (secondary N) is 1. The smallest absolute Gasteiger partial charge is 0.251 e. The maximum absolute atomic E-state index is 12.6. The van der Waals surface area contributed by atoms with Crippen molar-refractivity contribution in [2.45, 2.75) is 12.8 Å². The highest BCUT2D eigenvalue weighted by Crippen LogP contribution is 2.19. The summed E-state index contributed by atoms with van der Waals surface area (Å²) in [6.07, 6.45) is 1.88. The van der Waals surface area contributed by atoms with E-state index in [1.807, 2.05) is 42.5 Å². The minimum Gasteiger partial charge on any atom is -0.378 e. The first kappa shape index (κ1) is 18.5. The molecule has 0 unspecified atom stereocenters. The summed E-state index contributed by atoms with van der Waals surface area (Å²) in [4.78, 5) is 14.9. The van der Waals surface area contributed by atoms with Gasteiger partial charge in [0.2, 0.25) is 0 Å². The molecule has 3 aromatic carbocycles. The summed E-state index contributed by atoms with van der Waals surface area (Å²) in [6.45, 7) is 4.20. The summed E-state index contributed by atoms with van der Waals surface area (Å²) in [5.74, 6) is -0.000495. The SMILES string of the molecule is O=C(NCCCc1ccc(N2CCOCC2)cc1)c1cccc2ccccc12. The number of nitrogens with zero attached hydrogens (tertiary/aromatic N) is 1. The Bertz CT molecular complexity index is 925. The molecule has 1 amide bonds. The van der Waals surface area contributed by atoms with Gasteiger partial charge in [-0.05, 0) is 47.4 Å². The fourth-order valence-corrected chi connectivity index (χ4v) is 3.71. The van der Waals surface area contributed by atoms with Crippen LogP contribution in [0.3, 0.4) is 0 Å². The first-order valence-electron chi connectivity index (χ1n) is 9.99. The Hall–Kier alpha value is -2.85. The largest absolute Gasteiger partial charge is 0.378 e. The number of morpholine rings is 1. The van der Waals surface area contributed by atoms with Crippen molar-refractivity contribution in [2.75, 3.05) is 37.7 Å². The second-order valence-corrected chi connectivity index (χ2v) is 7.15. The summed E-state index contributed by atoms with van der Waals surface area (Å²) < 4.78 is 5.41. The minimum absolute atomic E-state index is 0.000495. The van der Waals surface area contributed by atoms with Crippen LogP contribution in [0.5, 0.6) is 0 Å². The van der Waals surface area contributed by atoms with Crippen molar-refractivity contribution in [2.24, 2.45) is 0 Å². The van der Waals surface area contributed by atoms with Gasteiger partial charge in [0, 0.05) is 30.9 Å². The van der Waals surface area contributed by atoms with Gasteiger partial charge in [-0.2, -0.15) is 0 Å². The fraction of sp³-hybridized carbons (Fsp3) is 0.292. The van der Waals surface area contributed by atoms with Crippen molar-refractivity contribution in [1.29, 1.82) is 0 Å². The van der Waals surface area contributed by atoms with Crippen LogP contribution in [-0.2, 0) is 11.2 Å². The number of carbonyl (C=O) groups is 1. The first-order valence-corrected chi connectivity index (χ1v) is 9.99. The van der Waals surface area contributed by atoms with Crippen LogP contribution in [-0.4, -0.2) is 38.8 Å². The molecule has 0 spiro atoms. The van der Waals surface area contributed by atoms with E-state index in [1.165, 1.54) is 11.3 Å². The number of fused-ring (bicyclic) bond motifs is 1. The first-order chi connectivity index (χ1) is 13.8. The quantitative estimate of drug-likeness (QED) is 0.662. The maximum atomic E-state index is 12.6. The Kier molecular flexibility index (Phi) is 5.88. The van der Waals surface area contributed by atoms with E-state index in [-0.39, 0.29) is 5.91 Å². The molecule has 1 aliphatic rings. The molecular formula is C24H26N2O2. The molecule has 144 valence electrons. The Morgan fingerprint density at radius 1 is 0.929 bits per heavy atom. The Labute approximate surface area is 166 Å². The van der Waals surface area contributed by atoms with Gasteiger partial charge in [-0.25, -0.2) is 0 Å². The van der Waals surface area contributed by atoms with Crippen molar-refractivity contribution in [1.82, 2.24) is 5.32 Å². The number of hydrogen-bond donors (Lipinski definition) is 1. The zero-order valence-electron chi connectivity index (χ0n) is 16.1. The van der Waals surface area contributed by atoms with Crippen LogP contribution in [0.25, 0.3) is 10.8 Å². The monoisotopic (exact) mass is 374 g/mol. The highest BCUT2D eigenvalue weighted by Gasteiger charge is 2.11. The molecule has 0 radical (unpaired) electrons. The van der Waals surface area contributed by atoms with Crippen molar-refractivity contribution in [3.8, 4) is 0 Å². The van der Waals surface area contributed by atoms with E-state index in [0.29, 0.717) is 6.54 Å². The van der Waals surface area contributed by atoms with Crippen LogP contribution in [0.15, 0.2) is 66.7 Å². The molecule has 0 aliphatic carbocycles. The highest BCUT2D eigenvalue weighted by molar-refractivity contribution is 6.06. The number of carbonyl (C=O) groups excluding carboxylic acids is 1. The second-order valence-electron chi connectivity index (χ2n) is 7.15. The third-order valence-corrected chi connectivity index (χ3v) is 5.27. The van der Waals surface area contributed by atoms with Crippen LogP contribution >= 0.6 is 0 Å².